The van der Waals surface area contributed by atoms with Gasteiger partial charge in [-0.15, -0.1) is 10.2 Å². The second kappa shape index (κ2) is 6.70. The number of amides is 1. The van der Waals surface area contributed by atoms with E-state index in [1.165, 1.54) is 16.7 Å². The van der Waals surface area contributed by atoms with Crippen LogP contribution in [0.5, 0.6) is 0 Å². The van der Waals surface area contributed by atoms with Gasteiger partial charge in [-0.05, 0) is 37.5 Å². The molecule has 1 saturated carbocycles. The van der Waals surface area contributed by atoms with Crippen molar-refractivity contribution < 1.29 is 9.18 Å². The van der Waals surface area contributed by atoms with Gasteiger partial charge in [0.15, 0.2) is 0 Å². The Hall–Kier alpha value is -3.03. The molecule has 2 heterocycles. The third-order valence-corrected chi connectivity index (χ3v) is 4.37. The molecule has 134 valence electrons. The fourth-order valence-electron chi connectivity index (χ4n) is 2.87. The van der Waals surface area contributed by atoms with E-state index in [0.717, 1.165) is 12.8 Å². The molecule has 4 rings (SSSR count). The van der Waals surface area contributed by atoms with Crippen LogP contribution in [-0.2, 0) is 11.2 Å². The maximum atomic E-state index is 13.4. The predicted molar refractivity (Wildman–Crippen MR) is 92.6 cm³/mol. The van der Waals surface area contributed by atoms with Gasteiger partial charge in [0, 0.05) is 31.3 Å². The maximum absolute atomic E-state index is 13.4. The monoisotopic (exact) mass is 355 g/mol. The number of aryl methyl sites for hydroxylation is 1. The number of carbonyl (C=O) groups is 1. The maximum Gasteiger partial charge on any atom is 0.300 e. The number of hydrogen-bond donors (Lipinski definition) is 1. The van der Waals surface area contributed by atoms with Crippen molar-refractivity contribution in [3.63, 3.8) is 0 Å². The molecular formula is C18H18FN5O2. The molecule has 7 nitrogen and oxygen atoms in total. The van der Waals surface area contributed by atoms with Crippen molar-refractivity contribution in [1.29, 1.82) is 0 Å². The largest absolute Gasteiger partial charge is 0.353 e. The van der Waals surface area contributed by atoms with Gasteiger partial charge in [0.1, 0.15) is 11.6 Å². The van der Waals surface area contributed by atoms with E-state index >= 15 is 0 Å². The molecule has 2 aromatic heterocycles. The Morgan fingerprint density at radius 1 is 1.27 bits per heavy atom. The van der Waals surface area contributed by atoms with E-state index in [1.807, 2.05) is 0 Å². The van der Waals surface area contributed by atoms with Gasteiger partial charge in [-0.3, -0.25) is 18.6 Å². The van der Waals surface area contributed by atoms with E-state index in [1.54, 1.807) is 28.9 Å². The topological polar surface area (TPSA) is 81.3 Å². The quantitative estimate of drug-likeness (QED) is 0.729. The Labute approximate surface area is 148 Å². The Morgan fingerprint density at radius 2 is 2.12 bits per heavy atom. The fourth-order valence-corrected chi connectivity index (χ4v) is 2.87. The Balaban J connectivity index is 1.52. The summed E-state index contributed by atoms with van der Waals surface area (Å²) in [6.07, 6.45) is 6.98. The van der Waals surface area contributed by atoms with E-state index in [0.29, 0.717) is 36.8 Å². The number of carbonyl (C=O) groups excluding carboxylic acids is 1. The summed E-state index contributed by atoms with van der Waals surface area (Å²) in [6.45, 7) is 0. The van der Waals surface area contributed by atoms with Crippen LogP contribution in [-0.4, -0.2) is 31.1 Å². The van der Waals surface area contributed by atoms with Crippen LogP contribution in [0.2, 0.25) is 0 Å². The van der Waals surface area contributed by atoms with E-state index in [-0.39, 0.29) is 17.1 Å². The summed E-state index contributed by atoms with van der Waals surface area (Å²) in [4.78, 5) is 24.3. The van der Waals surface area contributed by atoms with Crippen molar-refractivity contribution >= 4 is 11.6 Å². The number of nitrogens with zero attached hydrogens (tertiary/aromatic N) is 4. The first-order valence-corrected chi connectivity index (χ1v) is 8.62. The van der Waals surface area contributed by atoms with Crippen molar-refractivity contribution in [3.8, 4) is 5.69 Å². The molecule has 0 saturated heterocycles. The minimum Gasteiger partial charge on any atom is -0.353 e. The van der Waals surface area contributed by atoms with E-state index in [2.05, 4.69) is 15.5 Å². The summed E-state index contributed by atoms with van der Waals surface area (Å²) >= 11 is 0. The van der Waals surface area contributed by atoms with Crippen LogP contribution in [0.25, 0.3) is 11.3 Å². The Bertz CT molecular complexity index is 1020. The minimum atomic E-state index is -0.416. The van der Waals surface area contributed by atoms with Crippen LogP contribution >= 0.6 is 0 Å². The number of aromatic nitrogens is 4. The van der Waals surface area contributed by atoms with Crippen LogP contribution in [0.4, 0.5) is 4.39 Å². The Morgan fingerprint density at radius 3 is 2.88 bits per heavy atom. The second-order valence-corrected chi connectivity index (χ2v) is 6.46. The number of hydrogen-bond acceptors (Lipinski definition) is 4. The van der Waals surface area contributed by atoms with Crippen LogP contribution in [0, 0.1) is 5.82 Å². The van der Waals surface area contributed by atoms with Gasteiger partial charge in [0.05, 0.1) is 5.69 Å². The summed E-state index contributed by atoms with van der Waals surface area (Å²) in [6, 6.07) is 6.16. The molecule has 1 N–H and O–H groups in total. The first-order valence-electron chi connectivity index (χ1n) is 8.62. The highest BCUT2D eigenvalue weighted by molar-refractivity contribution is 5.76. The molecule has 0 spiro atoms. The fraction of sp³-hybridized carbons (Fsp3) is 0.333. The third kappa shape index (κ3) is 3.35. The highest BCUT2D eigenvalue weighted by Crippen LogP contribution is 2.18. The standard InChI is InChI=1S/C18H18FN5O2/c19-12-3-1-4-14(11-12)23-9-10-24-15(21-22-17(24)18(23)26)5-2-6-16(25)20-13-7-8-13/h1,3-4,9-11,13H,2,5-8H2,(H,20,25). The van der Waals surface area contributed by atoms with Crippen molar-refractivity contribution in [3.05, 3.63) is 58.7 Å². The lowest BCUT2D eigenvalue weighted by molar-refractivity contribution is -0.121. The first-order chi connectivity index (χ1) is 12.6. The number of benzene rings is 1. The van der Waals surface area contributed by atoms with Crippen molar-refractivity contribution in [2.24, 2.45) is 0 Å². The van der Waals surface area contributed by atoms with Crippen LogP contribution in [0.3, 0.4) is 0 Å². The normalized spacial score (nSPS) is 13.9. The summed E-state index contributed by atoms with van der Waals surface area (Å²) in [5.74, 6) is 0.262. The number of fused-ring (bicyclic) bond motifs is 1. The van der Waals surface area contributed by atoms with Gasteiger partial charge < -0.3 is 5.32 Å². The number of halogens is 1. The molecule has 1 aromatic carbocycles. The lowest BCUT2D eigenvalue weighted by Crippen LogP contribution is -2.25. The molecular weight excluding hydrogens is 337 g/mol. The average Bonchev–Trinajstić information content (AvgIpc) is 3.33. The summed E-state index contributed by atoms with van der Waals surface area (Å²) in [5.41, 5.74) is 0.233. The molecule has 0 atom stereocenters. The summed E-state index contributed by atoms with van der Waals surface area (Å²) in [5, 5.41) is 11.0. The van der Waals surface area contributed by atoms with E-state index < -0.39 is 5.82 Å². The minimum absolute atomic E-state index is 0.0507. The van der Waals surface area contributed by atoms with Gasteiger partial charge in [-0.25, -0.2) is 4.39 Å². The zero-order chi connectivity index (χ0) is 18.1. The summed E-state index contributed by atoms with van der Waals surface area (Å²) < 4.78 is 16.4. The third-order valence-electron chi connectivity index (χ3n) is 4.37. The smallest absolute Gasteiger partial charge is 0.300 e. The zero-order valence-corrected chi connectivity index (χ0v) is 14.1. The first kappa shape index (κ1) is 16.4. The average molecular weight is 355 g/mol. The lowest BCUT2D eigenvalue weighted by Gasteiger charge is -2.06. The van der Waals surface area contributed by atoms with Gasteiger partial charge in [0.2, 0.25) is 11.6 Å². The van der Waals surface area contributed by atoms with Crippen LogP contribution in [0.1, 0.15) is 31.5 Å². The molecule has 0 radical (unpaired) electrons. The van der Waals surface area contributed by atoms with Gasteiger partial charge in [0.25, 0.3) is 0 Å². The molecule has 3 aromatic rings. The summed E-state index contributed by atoms with van der Waals surface area (Å²) in [7, 11) is 0. The lowest BCUT2D eigenvalue weighted by atomic mass is 10.2. The highest BCUT2D eigenvalue weighted by Gasteiger charge is 2.22. The van der Waals surface area contributed by atoms with Gasteiger partial charge in [-0.2, -0.15) is 0 Å². The molecule has 1 aliphatic rings. The SMILES string of the molecule is O=C(CCCc1nnc2c(=O)n(-c3cccc(F)c3)ccn12)NC1CC1. The van der Waals surface area contributed by atoms with E-state index in [9.17, 15) is 14.0 Å². The zero-order valence-electron chi connectivity index (χ0n) is 14.1. The van der Waals surface area contributed by atoms with Gasteiger partial charge in [-0.1, -0.05) is 6.07 Å². The number of nitrogens with one attached hydrogen (secondary N) is 1. The van der Waals surface area contributed by atoms with Crippen LogP contribution < -0.4 is 10.9 Å². The molecule has 8 heteroatoms. The highest BCUT2D eigenvalue weighted by atomic mass is 19.1. The predicted octanol–water partition coefficient (Wildman–Crippen LogP) is 1.62. The number of rotatable bonds is 6. The Kier molecular flexibility index (Phi) is 4.24. The molecule has 1 amide bonds. The van der Waals surface area contributed by atoms with Crippen molar-refractivity contribution in [2.75, 3.05) is 0 Å². The molecule has 0 bridgehead atoms. The van der Waals surface area contributed by atoms with E-state index in [4.69, 9.17) is 0 Å². The molecule has 0 unspecified atom stereocenters. The second-order valence-electron chi connectivity index (χ2n) is 6.46. The molecule has 1 fully saturated rings. The van der Waals surface area contributed by atoms with Crippen LogP contribution in [0.15, 0.2) is 41.5 Å². The van der Waals surface area contributed by atoms with Crippen molar-refractivity contribution in [2.45, 2.75) is 38.1 Å². The molecule has 1 aliphatic carbocycles. The molecule has 0 aliphatic heterocycles. The van der Waals surface area contributed by atoms with Crippen molar-refractivity contribution in [1.82, 2.24) is 24.5 Å². The molecule has 26 heavy (non-hydrogen) atoms. The van der Waals surface area contributed by atoms with Gasteiger partial charge >= 0.3 is 5.56 Å².